The Hall–Kier alpha value is -3.03. The number of sulfonamides is 1. The molecule has 0 saturated heterocycles. The van der Waals surface area contributed by atoms with Crippen LogP contribution >= 0.6 is 11.6 Å². The third-order valence-corrected chi connectivity index (χ3v) is 6.85. The van der Waals surface area contributed by atoms with Crippen LogP contribution < -0.4 is 13.9 Å². The highest BCUT2D eigenvalue weighted by Crippen LogP contribution is 2.31. The van der Waals surface area contributed by atoms with Crippen LogP contribution in [-0.4, -0.2) is 35.0 Å². The molecule has 0 heterocycles. The smallest absolute Gasteiger partial charge is 0.268 e. The Balaban J connectivity index is 2.06. The van der Waals surface area contributed by atoms with E-state index < -0.39 is 22.5 Å². The normalized spacial score (nSPS) is 11.1. The number of likely N-dealkylation sites (N-methyl/N-ethyl adjacent to an activating group) is 1. The molecule has 0 N–H and O–H groups in total. The van der Waals surface area contributed by atoms with E-state index in [-0.39, 0.29) is 10.6 Å². The summed E-state index contributed by atoms with van der Waals surface area (Å²) in [5.41, 5.74) is 1.74. The molecule has 6 nitrogen and oxygen atoms in total. The second-order valence-corrected chi connectivity index (χ2v) is 9.20. The lowest BCUT2D eigenvalue weighted by molar-refractivity contribution is -0.116. The zero-order valence-electron chi connectivity index (χ0n) is 17.4. The van der Waals surface area contributed by atoms with Crippen molar-refractivity contribution < 1.29 is 17.9 Å². The van der Waals surface area contributed by atoms with Gasteiger partial charge in [0.25, 0.3) is 10.0 Å². The molecule has 162 valence electrons. The molecular formula is C23H23ClN2O4S. The molecule has 0 atom stereocenters. The molecule has 0 aliphatic carbocycles. The number of carbonyl (C=O) groups is 1. The molecule has 0 spiro atoms. The third kappa shape index (κ3) is 5.00. The molecule has 31 heavy (non-hydrogen) atoms. The monoisotopic (exact) mass is 458 g/mol. The predicted molar refractivity (Wildman–Crippen MR) is 124 cm³/mol. The lowest BCUT2D eigenvalue weighted by atomic mass is 10.2. The van der Waals surface area contributed by atoms with Crippen LogP contribution in [0.3, 0.4) is 0 Å². The maximum atomic E-state index is 13.7. The van der Waals surface area contributed by atoms with Crippen LogP contribution in [0.2, 0.25) is 5.02 Å². The summed E-state index contributed by atoms with van der Waals surface area (Å²) in [6.45, 7) is 1.39. The highest BCUT2D eigenvalue weighted by Gasteiger charge is 2.31. The van der Waals surface area contributed by atoms with Crippen molar-refractivity contribution in [3.63, 3.8) is 0 Å². The SMILES string of the molecule is COc1ccc(C)cc1S(=O)(=O)N(CC(=O)N(C)c1ccccc1)c1ccc(Cl)cc1. The largest absolute Gasteiger partial charge is 0.495 e. The number of halogens is 1. The van der Waals surface area contributed by atoms with Gasteiger partial charge in [-0.2, -0.15) is 0 Å². The van der Waals surface area contributed by atoms with Gasteiger partial charge in [0, 0.05) is 17.8 Å². The van der Waals surface area contributed by atoms with Gasteiger partial charge in [-0.1, -0.05) is 35.9 Å². The highest BCUT2D eigenvalue weighted by molar-refractivity contribution is 7.93. The summed E-state index contributed by atoms with van der Waals surface area (Å²) in [5, 5.41) is 0.460. The number of hydrogen-bond donors (Lipinski definition) is 0. The number of methoxy groups -OCH3 is 1. The van der Waals surface area contributed by atoms with E-state index in [1.54, 1.807) is 62.5 Å². The first-order valence-electron chi connectivity index (χ1n) is 9.48. The Morgan fingerprint density at radius 1 is 0.968 bits per heavy atom. The van der Waals surface area contributed by atoms with Crippen LogP contribution in [0.25, 0.3) is 0 Å². The molecule has 3 aromatic rings. The summed E-state index contributed by atoms with van der Waals surface area (Å²) in [7, 11) is -1.11. The van der Waals surface area contributed by atoms with Crippen molar-refractivity contribution in [3.8, 4) is 5.75 Å². The first kappa shape index (κ1) is 22.7. The fourth-order valence-electron chi connectivity index (χ4n) is 3.05. The minimum absolute atomic E-state index is 0.0138. The van der Waals surface area contributed by atoms with Crippen molar-refractivity contribution in [2.75, 3.05) is 29.9 Å². The average molecular weight is 459 g/mol. The van der Waals surface area contributed by atoms with Gasteiger partial charge < -0.3 is 9.64 Å². The van der Waals surface area contributed by atoms with Gasteiger partial charge in [-0.15, -0.1) is 0 Å². The van der Waals surface area contributed by atoms with E-state index in [0.717, 1.165) is 9.87 Å². The number of hydrogen-bond acceptors (Lipinski definition) is 4. The number of carbonyl (C=O) groups excluding carboxylic acids is 1. The summed E-state index contributed by atoms with van der Waals surface area (Å²) in [5.74, 6) is -0.190. The van der Waals surface area contributed by atoms with E-state index >= 15 is 0 Å². The van der Waals surface area contributed by atoms with E-state index in [1.165, 1.54) is 18.1 Å². The molecule has 0 bridgehead atoms. The van der Waals surface area contributed by atoms with Gasteiger partial charge in [0.1, 0.15) is 17.2 Å². The minimum Gasteiger partial charge on any atom is -0.495 e. The van der Waals surface area contributed by atoms with Gasteiger partial charge in [-0.25, -0.2) is 8.42 Å². The number of amides is 1. The number of aryl methyl sites for hydroxylation is 1. The van der Waals surface area contributed by atoms with Crippen LogP contribution in [0, 0.1) is 6.92 Å². The molecule has 3 rings (SSSR count). The van der Waals surface area contributed by atoms with E-state index in [2.05, 4.69) is 0 Å². The summed E-state index contributed by atoms with van der Waals surface area (Å²) in [6.07, 6.45) is 0. The van der Waals surface area contributed by atoms with Gasteiger partial charge >= 0.3 is 0 Å². The summed E-state index contributed by atoms with van der Waals surface area (Å²) >= 11 is 5.99. The molecule has 0 aliphatic heterocycles. The fraction of sp³-hybridized carbons (Fsp3) is 0.174. The number of ether oxygens (including phenoxy) is 1. The Morgan fingerprint density at radius 3 is 2.23 bits per heavy atom. The number of nitrogens with zero attached hydrogens (tertiary/aromatic N) is 2. The maximum Gasteiger partial charge on any atom is 0.268 e. The summed E-state index contributed by atoms with van der Waals surface area (Å²) in [4.78, 5) is 14.5. The minimum atomic E-state index is -4.13. The second-order valence-electron chi connectivity index (χ2n) is 6.93. The lowest BCUT2D eigenvalue weighted by Crippen LogP contribution is -2.41. The van der Waals surface area contributed by atoms with Gasteiger partial charge in [0.2, 0.25) is 5.91 Å². The third-order valence-electron chi connectivity index (χ3n) is 4.80. The van der Waals surface area contributed by atoms with E-state index in [0.29, 0.717) is 16.4 Å². The van der Waals surface area contributed by atoms with Crippen molar-refractivity contribution in [2.24, 2.45) is 0 Å². The summed E-state index contributed by atoms with van der Waals surface area (Å²) < 4.78 is 33.7. The van der Waals surface area contributed by atoms with Crippen LogP contribution in [0.1, 0.15) is 5.56 Å². The van der Waals surface area contributed by atoms with E-state index in [1.807, 2.05) is 18.2 Å². The van der Waals surface area contributed by atoms with Crippen molar-refractivity contribution >= 4 is 38.9 Å². The average Bonchev–Trinajstić information content (AvgIpc) is 2.78. The fourth-order valence-corrected chi connectivity index (χ4v) is 4.83. The van der Waals surface area contributed by atoms with E-state index in [4.69, 9.17) is 16.3 Å². The first-order chi connectivity index (χ1) is 14.7. The zero-order chi connectivity index (χ0) is 22.6. The predicted octanol–water partition coefficient (Wildman–Crippen LogP) is 4.52. The molecule has 0 unspecified atom stereocenters. The number of rotatable bonds is 7. The lowest BCUT2D eigenvalue weighted by Gasteiger charge is -2.27. The van der Waals surface area contributed by atoms with Crippen molar-refractivity contribution in [1.29, 1.82) is 0 Å². The van der Waals surface area contributed by atoms with Gasteiger partial charge in [-0.3, -0.25) is 9.10 Å². The quantitative estimate of drug-likeness (QED) is 0.522. The highest BCUT2D eigenvalue weighted by atomic mass is 35.5. The molecular weight excluding hydrogens is 436 g/mol. The number of benzene rings is 3. The molecule has 0 aliphatic rings. The number of anilines is 2. The molecule has 0 fully saturated rings. The molecule has 0 radical (unpaired) electrons. The first-order valence-corrected chi connectivity index (χ1v) is 11.3. The van der Waals surface area contributed by atoms with Crippen LogP contribution in [-0.2, 0) is 14.8 Å². The summed E-state index contributed by atoms with van der Waals surface area (Å²) in [6, 6.07) is 20.2. The van der Waals surface area contributed by atoms with Gasteiger partial charge in [-0.05, 0) is 61.0 Å². The molecule has 0 aromatic heterocycles. The van der Waals surface area contributed by atoms with Crippen LogP contribution in [0.4, 0.5) is 11.4 Å². The van der Waals surface area contributed by atoms with Crippen LogP contribution in [0.5, 0.6) is 5.75 Å². The van der Waals surface area contributed by atoms with Crippen molar-refractivity contribution in [2.45, 2.75) is 11.8 Å². The van der Waals surface area contributed by atoms with E-state index in [9.17, 15) is 13.2 Å². The van der Waals surface area contributed by atoms with Crippen molar-refractivity contribution in [3.05, 3.63) is 83.4 Å². The van der Waals surface area contributed by atoms with Crippen LogP contribution in [0.15, 0.2) is 77.7 Å². The number of para-hydroxylation sites is 1. The second kappa shape index (κ2) is 9.41. The molecule has 1 amide bonds. The molecule has 0 saturated carbocycles. The Labute approximate surface area is 187 Å². The molecule has 8 heteroatoms. The Morgan fingerprint density at radius 2 is 1.61 bits per heavy atom. The van der Waals surface area contributed by atoms with Crippen molar-refractivity contribution in [1.82, 2.24) is 0 Å². The Bertz CT molecular complexity index is 1170. The zero-order valence-corrected chi connectivity index (χ0v) is 19.0. The maximum absolute atomic E-state index is 13.7. The topological polar surface area (TPSA) is 66.9 Å². The Kier molecular flexibility index (Phi) is 6.87. The van der Waals surface area contributed by atoms with Gasteiger partial charge in [0.05, 0.1) is 12.8 Å². The van der Waals surface area contributed by atoms with Gasteiger partial charge in [0.15, 0.2) is 0 Å². The molecule has 3 aromatic carbocycles. The standard InChI is InChI=1S/C23H23ClN2O4S/c1-17-9-14-21(30-3)22(15-17)31(28,29)26(20-12-10-18(24)11-13-20)16-23(27)25(2)19-7-5-4-6-8-19/h4-15H,16H2,1-3H3.